The van der Waals surface area contributed by atoms with Crippen LogP contribution in [0.4, 0.5) is 0 Å². The van der Waals surface area contributed by atoms with Crippen LogP contribution in [0.2, 0.25) is 0 Å². The Bertz CT molecular complexity index is 289. The number of aliphatic carboxylic acids is 1. The summed E-state index contributed by atoms with van der Waals surface area (Å²) >= 11 is 1.68. The molecule has 0 aromatic rings. The molecule has 2 aliphatic rings. The molecule has 1 aliphatic carbocycles. The molecule has 3 nitrogen and oxygen atoms in total. The van der Waals surface area contributed by atoms with E-state index in [-0.39, 0.29) is 0 Å². The number of hydrogen-bond acceptors (Lipinski definition) is 3. The Morgan fingerprint density at radius 1 is 1.29 bits per heavy atom. The molecule has 0 aromatic carbocycles. The van der Waals surface area contributed by atoms with Crippen molar-refractivity contribution in [3.05, 3.63) is 0 Å². The Hall–Kier alpha value is -0.220. The molecule has 1 unspecified atom stereocenters. The van der Waals surface area contributed by atoms with Crippen molar-refractivity contribution in [3.63, 3.8) is 0 Å². The molecule has 2 rings (SSSR count). The van der Waals surface area contributed by atoms with Crippen LogP contribution in [-0.4, -0.2) is 33.3 Å². The zero-order chi connectivity index (χ0) is 12.5. The topological polar surface area (TPSA) is 57.5 Å². The van der Waals surface area contributed by atoms with E-state index in [2.05, 4.69) is 6.92 Å². The molecule has 0 bridgehead atoms. The maximum atomic E-state index is 11.7. The molecule has 0 radical (unpaired) electrons. The van der Waals surface area contributed by atoms with Crippen LogP contribution < -0.4 is 0 Å². The van der Waals surface area contributed by atoms with Gasteiger partial charge in [-0.3, -0.25) is 4.79 Å². The highest BCUT2D eigenvalue weighted by Crippen LogP contribution is 2.50. The summed E-state index contributed by atoms with van der Waals surface area (Å²) in [5.41, 5.74) is -1.87. The van der Waals surface area contributed by atoms with Crippen LogP contribution in [0.1, 0.15) is 45.4 Å². The Balaban J connectivity index is 2.23. The standard InChI is InChI=1S/C13H22O3S/c1-10-3-6-13(16,7-4-10)12(11(14)15)5-2-8-17-9-12/h10,16H,2-9H2,1H3,(H,14,15). The van der Waals surface area contributed by atoms with Crippen molar-refractivity contribution in [1.82, 2.24) is 0 Å². The number of rotatable bonds is 2. The molecule has 1 saturated heterocycles. The number of hydrogen-bond donors (Lipinski definition) is 2. The van der Waals surface area contributed by atoms with Gasteiger partial charge in [-0.15, -0.1) is 0 Å². The molecule has 0 spiro atoms. The van der Waals surface area contributed by atoms with E-state index in [1.165, 1.54) is 0 Å². The highest BCUT2D eigenvalue weighted by atomic mass is 32.2. The van der Waals surface area contributed by atoms with Crippen molar-refractivity contribution in [1.29, 1.82) is 0 Å². The molecular formula is C13H22O3S. The monoisotopic (exact) mass is 258 g/mol. The number of carbonyl (C=O) groups is 1. The third-order valence-corrected chi connectivity index (χ3v) is 5.92. The lowest BCUT2D eigenvalue weighted by Crippen LogP contribution is -2.57. The smallest absolute Gasteiger partial charge is 0.313 e. The Labute approximate surface area is 107 Å². The van der Waals surface area contributed by atoms with E-state index in [1.807, 2.05) is 0 Å². The molecule has 98 valence electrons. The zero-order valence-electron chi connectivity index (χ0n) is 10.4. The van der Waals surface area contributed by atoms with Gasteiger partial charge in [0, 0.05) is 5.75 Å². The average molecular weight is 258 g/mol. The molecule has 2 fully saturated rings. The van der Waals surface area contributed by atoms with Crippen LogP contribution in [0.25, 0.3) is 0 Å². The van der Waals surface area contributed by atoms with Gasteiger partial charge in [0.2, 0.25) is 0 Å². The summed E-state index contributed by atoms with van der Waals surface area (Å²) in [6.07, 6.45) is 4.77. The number of thioether (sulfide) groups is 1. The first-order chi connectivity index (χ1) is 8.00. The second kappa shape index (κ2) is 4.81. The minimum absolute atomic E-state index is 0.577. The van der Waals surface area contributed by atoms with Gasteiger partial charge in [-0.1, -0.05) is 6.92 Å². The van der Waals surface area contributed by atoms with Crippen molar-refractivity contribution in [3.8, 4) is 0 Å². The fourth-order valence-electron chi connectivity index (χ4n) is 3.25. The normalized spacial score (nSPS) is 43.3. The highest BCUT2D eigenvalue weighted by Gasteiger charge is 2.56. The quantitative estimate of drug-likeness (QED) is 0.799. The maximum Gasteiger partial charge on any atom is 0.313 e. The third kappa shape index (κ3) is 2.22. The fourth-order valence-corrected chi connectivity index (χ4v) is 4.63. The predicted molar refractivity (Wildman–Crippen MR) is 69.2 cm³/mol. The van der Waals surface area contributed by atoms with E-state index in [0.717, 1.165) is 25.0 Å². The summed E-state index contributed by atoms with van der Waals surface area (Å²) in [5, 5.41) is 20.4. The van der Waals surface area contributed by atoms with Gasteiger partial charge in [0.15, 0.2) is 0 Å². The maximum absolute atomic E-state index is 11.7. The minimum Gasteiger partial charge on any atom is -0.481 e. The van der Waals surface area contributed by atoms with Crippen LogP contribution in [0, 0.1) is 11.3 Å². The largest absolute Gasteiger partial charge is 0.481 e. The van der Waals surface area contributed by atoms with Gasteiger partial charge in [-0.25, -0.2) is 0 Å². The van der Waals surface area contributed by atoms with E-state index >= 15 is 0 Å². The molecule has 4 heteroatoms. The summed E-state index contributed by atoms with van der Waals surface area (Å²) in [7, 11) is 0. The van der Waals surface area contributed by atoms with Gasteiger partial charge in [-0.05, 0) is 50.2 Å². The molecular weight excluding hydrogens is 236 g/mol. The molecule has 0 amide bonds. The number of carboxylic acids is 1. The minimum atomic E-state index is -0.973. The average Bonchev–Trinajstić information content (AvgIpc) is 2.34. The van der Waals surface area contributed by atoms with E-state index in [1.54, 1.807) is 11.8 Å². The van der Waals surface area contributed by atoms with Crippen molar-refractivity contribution < 1.29 is 15.0 Å². The van der Waals surface area contributed by atoms with Crippen LogP contribution in [-0.2, 0) is 4.79 Å². The Morgan fingerprint density at radius 2 is 1.94 bits per heavy atom. The molecule has 0 aromatic heterocycles. The van der Waals surface area contributed by atoms with Crippen LogP contribution in [0.15, 0.2) is 0 Å². The van der Waals surface area contributed by atoms with E-state index in [9.17, 15) is 15.0 Å². The van der Waals surface area contributed by atoms with Gasteiger partial charge in [0.05, 0.1) is 5.60 Å². The molecule has 1 atom stereocenters. The van der Waals surface area contributed by atoms with Gasteiger partial charge in [0.25, 0.3) is 0 Å². The molecule has 2 N–H and O–H groups in total. The summed E-state index contributed by atoms with van der Waals surface area (Å²) in [6.45, 7) is 2.18. The predicted octanol–water partition coefficient (Wildman–Crippen LogP) is 2.53. The van der Waals surface area contributed by atoms with Gasteiger partial charge in [-0.2, -0.15) is 11.8 Å². The Kier molecular flexibility index (Phi) is 3.74. The lowest BCUT2D eigenvalue weighted by atomic mass is 9.62. The molecule has 17 heavy (non-hydrogen) atoms. The second-order valence-corrected chi connectivity index (χ2v) is 6.86. The third-order valence-electron chi connectivity index (χ3n) is 4.64. The van der Waals surface area contributed by atoms with Crippen molar-refractivity contribution in [2.24, 2.45) is 11.3 Å². The van der Waals surface area contributed by atoms with E-state index in [4.69, 9.17) is 0 Å². The van der Waals surface area contributed by atoms with Crippen molar-refractivity contribution >= 4 is 17.7 Å². The lowest BCUT2D eigenvalue weighted by molar-refractivity contribution is -0.174. The number of carboxylic acid groups (broad SMARTS) is 1. The van der Waals surface area contributed by atoms with Gasteiger partial charge in [0.1, 0.15) is 5.41 Å². The summed E-state index contributed by atoms with van der Waals surface area (Å²) in [6, 6.07) is 0. The highest BCUT2D eigenvalue weighted by molar-refractivity contribution is 7.99. The zero-order valence-corrected chi connectivity index (χ0v) is 11.3. The van der Waals surface area contributed by atoms with Crippen LogP contribution in [0.5, 0.6) is 0 Å². The summed E-state index contributed by atoms with van der Waals surface area (Å²) in [5.74, 6) is 1.44. The van der Waals surface area contributed by atoms with Crippen molar-refractivity contribution in [2.75, 3.05) is 11.5 Å². The summed E-state index contributed by atoms with van der Waals surface area (Å²) < 4.78 is 0. The van der Waals surface area contributed by atoms with E-state index < -0.39 is 17.0 Å². The second-order valence-electron chi connectivity index (χ2n) is 5.76. The van der Waals surface area contributed by atoms with E-state index in [0.29, 0.717) is 30.9 Å². The summed E-state index contributed by atoms with van der Waals surface area (Å²) in [4.78, 5) is 11.7. The first-order valence-corrected chi connectivity index (χ1v) is 7.69. The van der Waals surface area contributed by atoms with Gasteiger partial charge < -0.3 is 10.2 Å². The molecule has 1 saturated carbocycles. The van der Waals surface area contributed by atoms with Crippen LogP contribution >= 0.6 is 11.8 Å². The SMILES string of the molecule is CC1CCC(O)(C2(C(=O)O)CCCSC2)CC1. The fraction of sp³-hybridized carbons (Fsp3) is 0.923. The molecule has 1 aliphatic heterocycles. The number of aliphatic hydroxyl groups is 1. The van der Waals surface area contributed by atoms with Gasteiger partial charge >= 0.3 is 5.97 Å². The first kappa shape index (κ1) is 13.2. The van der Waals surface area contributed by atoms with Crippen molar-refractivity contribution in [2.45, 2.75) is 51.0 Å². The Morgan fingerprint density at radius 3 is 2.41 bits per heavy atom. The first-order valence-electron chi connectivity index (χ1n) is 6.54. The van der Waals surface area contributed by atoms with Crippen LogP contribution in [0.3, 0.4) is 0 Å². The molecule has 1 heterocycles. The lowest BCUT2D eigenvalue weighted by Gasteiger charge is -2.49.